The molecule has 1 aliphatic carbocycles. The van der Waals surface area contributed by atoms with E-state index in [2.05, 4.69) is 21.2 Å². The Hall–Kier alpha value is -0.290. The summed E-state index contributed by atoms with van der Waals surface area (Å²) in [5.41, 5.74) is 6.44. The van der Waals surface area contributed by atoms with Gasteiger partial charge in [0.1, 0.15) is 0 Å². The van der Waals surface area contributed by atoms with Gasteiger partial charge in [0.05, 0.1) is 15.7 Å². The van der Waals surface area contributed by atoms with Crippen LogP contribution in [0.15, 0.2) is 16.6 Å². The number of carbonyl (C=O) groups excluding carboxylic acids is 1. The molecule has 1 amide bonds. The number of nitrogens with one attached hydrogen (secondary N) is 1. The maximum atomic E-state index is 12.2. The topological polar surface area (TPSA) is 55.1 Å². The second-order valence-corrected chi connectivity index (χ2v) is 6.45. The minimum atomic E-state index is -0.0396. The van der Waals surface area contributed by atoms with Gasteiger partial charge in [-0.05, 0) is 47.3 Å². The zero-order valence-electron chi connectivity index (χ0n) is 10.3. The van der Waals surface area contributed by atoms with Crippen molar-refractivity contribution in [3.8, 4) is 0 Å². The summed E-state index contributed by atoms with van der Waals surface area (Å²) >= 11 is 15.4. The van der Waals surface area contributed by atoms with E-state index in [9.17, 15) is 4.79 Å². The van der Waals surface area contributed by atoms with Crippen LogP contribution in [0.2, 0.25) is 10.0 Å². The van der Waals surface area contributed by atoms with E-state index in [-0.39, 0.29) is 17.9 Å². The number of nitrogens with two attached hydrogens (primary N) is 1. The predicted octanol–water partition coefficient (Wildman–Crippen LogP) is 4.21. The summed E-state index contributed by atoms with van der Waals surface area (Å²) in [5.74, 6) is -0.0716. The lowest BCUT2D eigenvalue weighted by Gasteiger charge is -2.25. The largest absolute Gasteiger partial charge is 0.328 e. The normalized spacial score (nSPS) is 23.2. The lowest BCUT2D eigenvalue weighted by Crippen LogP contribution is -2.34. The van der Waals surface area contributed by atoms with Gasteiger partial charge in [0, 0.05) is 16.4 Å². The van der Waals surface area contributed by atoms with Gasteiger partial charge in [-0.3, -0.25) is 4.79 Å². The number of halogens is 3. The molecule has 0 bridgehead atoms. The molecule has 2 rings (SSSR count). The van der Waals surface area contributed by atoms with E-state index in [0.29, 0.717) is 20.2 Å². The van der Waals surface area contributed by atoms with E-state index in [1.165, 1.54) is 0 Å². The summed E-state index contributed by atoms with van der Waals surface area (Å²) in [6, 6.07) is 3.61. The van der Waals surface area contributed by atoms with E-state index in [4.69, 9.17) is 28.9 Å². The van der Waals surface area contributed by atoms with Crippen LogP contribution in [-0.2, 0) is 4.79 Å². The molecule has 1 aromatic rings. The predicted molar refractivity (Wildman–Crippen MR) is 82.7 cm³/mol. The van der Waals surface area contributed by atoms with Crippen molar-refractivity contribution in [2.24, 2.45) is 11.7 Å². The van der Waals surface area contributed by atoms with Gasteiger partial charge in [-0.25, -0.2) is 0 Å². The third kappa shape index (κ3) is 3.63. The number of benzene rings is 1. The maximum absolute atomic E-state index is 12.2. The van der Waals surface area contributed by atoms with Gasteiger partial charge in [-0.15, -0.1) is 0 Å². The first kappa shape index (κ1) is 15.1. The molecule has 0 aliphatic heterocycles. The molecule has 2 atom stereocenters. The SMILES string of the molecule is NC1CCCC(C(=O)Nc2ccc(Br)c(Cl)c2Cl)C1. The van der Waals surface area contributed by atoms with Crippen LogP contribution in [0.5, 0.6) is 0 Å². The minimum absolute atomic E-state index is 0.0320. The van der Waals surface area contributed by atoms with E-state index >= 15 is 0 Å². The molecule has 0 aromatic heterocycles. The van der Waals surface area contributed by atoms with E-state index in [0.717, 1.165) is 25.7 Å². The van der Waals surface area contributed by atoms with E-state index < -0.39 is 0 Å². The third-order valence-electron chi connectivity index (χ3n) is 3.38. The second kappa shape index (κ2) is 6.44. The van der Waals surface area contributed by atoms with Crippen LogP contribution in [0.4, 0.5) is 5.69 Å². The molecule has 1 saturated carbocycles. The average molecular weight is 366 g/mol. The van der Waals surface area contributed by atoms with Crippen molar-refractivity contribution in [3.63, 3.8) is 0 Å². The Labute approximate surface area is 131 Å². The first-order valence-corrected chi connectivity index (χ1v) is 7.74. The quantitative estimate of drug-likeness (QED) is 0.771. The summed E-state index contributed by atoms with van der Waals surface area (Å²) in [5, 5.41) is 3.59. The molecule has 3 N–H and O–H groups in total. The smallest absolute Gasteiger partial charge is 0.227 e. The molecule has 1 aliphatic rings. The van der Waals surface area contributed by atoms with Crippen LogP contribution in [0.1, 0.15) is 25.7 Å². The Morgan fingerprint density at radius 2 is 2.05 bits per heavy atom. The first-order chi connectivity index (χ1) is 8.99. The highest BCUT2D eigenvalue weighted by Crippen LogP contribution is 2.36. The van der Waals surface area contributed by atoms with Crippen molar-refractivity contribution in [2.75, 3.05) is 5.32 Å². The van der Waals surface area contributed by atoms with Gasteiger partial charge in [0.15, 0.2) is 0 Å². The van der Waals surface area contributed by atoms with Crippen LogP contribution in [0.3, 0.4) is 0 Å². The maximum Gasteiger partial charge on any atom is 0.227 e. The van der Waals surface area contributed by atoms with Gasteiger partial charge < -0.3 is 11.1 Å². The summed E-state index contributed by atoms with van der Waals surface area (Å²) < 4.78 is 0.705. The van der Waals surface area contributed by atoms with Crippen molar-refractivity contribution in [1.82, 2.24) is 0 Å². The lowest BCUT2D eigenvalue weighted by molar-refractivity contribution is -0.120. The molecule has 1 aromatic carbocycles. The fourth-order valence-corrected chi connectivity index (χ4v) is 3.14. The fraction of sp³-hybridized carbons (Fsp3) is 0.462. The highest BCUT2D eigenvalue weighted by molar-refractivity contribution is 9.10. The molecule has 0 heterocycles. The average Bonchev–Trinajstić information content (AvgIpc) is 2.39. The second-order valence-electron chi connectivity index (χ2n) is 4.84. The van der Waals surface area contributed by atoms with Gasteiger partial charge in [-0.2, -0.15) is 0 Å². The van der Waals surface area contributed by atoms with Gasteiger partial charge >= 0.3 is 0 Å². The Morgan fingerprint density at radius 1 is 1.32 bits per heavy atom. The van der Waals surface area contributed by atoms with E-state index in [1.54, 1.807) is 12.1 Å². The lowest BCUT2D eigenvalue weighted by atomic mass is 9.85. The molecule has 0 radical (unpaired) electrons. The number of hydrogen-bond donors (Lipinski definition) is 2. The number of carbonyl (C=O) groups is 1. The van der Waals surface area contributed by atoms with Crippen molar-refractivity contribution >= 4 is 50.7 Å². The van der Waals surface area contributed by atoms with Crippen molar-refractivity contribution in [2.45, 2.75) is 31.7 Å². The van der Waals surface area contributed by atoms with Crippen molar-refractivity contribution in [1.29, 1.82) is 0 Å². The van der Waals surface area contributed by atoms with Crippen LogP contribution in [-0.4, -0.2) is 11.9 Å². The molecular weight excluding hydrogens is 351 g/mol. The van der Waals surface area contributed by atoms with Crippen LogP contribution in [0.25, 0.3) is 0 Å². The molecule has 6 heteroatoms. The molecule has 3 nitrogen and oxygen atoms in total. The number of anilines is 1. The Kier molecular flexibility index (Phi) is 5.12. The highest BCUT2D eigenvalue weighted by Gasteiger charge is 2.26. The number of amides is 1. The van der Waals surface area contributed by atoms with Crippen LogP contribution in [0, 0.1) is 5.92 Å². The molecule has 104 valence electrons. The molecule has 19 heavy (non-hydrogen) atoms. The first-order valence-electron chi connectivity index (χ1n) is 6.19. The minimum Gasteiger partial charge on any atom is -0.328 e. The molecule has 2 unspecified atom stereocenters. The summed E-state index contributed by atoms with van der Waals surface area (Å²) in [4.78, 5) is 12.2. The standard InChI is InChI=1S/C13H15BrCl2N2O/c14-9-4-5-10(12(16)11(9)15)18-13(19)7-2-1-3-8(17)6-7/h4-5,7-8H,1-3,6,17H2,(H,18,19). The van der Waals surface area contributed by atoms with Gasteiger partial charge in [0.25, 0.3) is 0 Å². The van der Waals surface area contributed by atoms with Gasteiger partial charge in [-0.1, -0.05) is 29.6 Å². The van der Waals surface area contributed by atoms with E-state index in [1.807, 2.05) is 0 Å². The fourth-order valence-electron chi connectivity index (χ4n) is 2.32. The Bertz CT molecular complexity index is 496. The zero-order valence-corrected chi connectivity index (χ0v) is 13.4. The van der Waals surface area contributed by atoms with Gasteiger partial charge in [0.2, 0.25) is 5.91 Å². The molecule has 0 saturated heterocycles. The van der Waals surface area contributed by atoms with Crippen LogP contribution >= 0.6 is 39.1 Å². The monoisotopic (exact) mass is 364 g/mol. The summed E-state index contributed by atoms with van der Waals surface area (Å²) in [6.07, 6.45) is 3.60. The number of hydrogen-bond acceptors (Lipinski definition) is 2. The van der Waals surface area contributed by atoms with Crippen LogP contribution < -0.4 is 11.1 Å². The summed E-state index contributed by atoms with van der Waals surface area (Å²) in [7, 11) is 0. The number of rotatable bonds is 2. The summed E-state index contributed by atoms with van der Waals surface area (Å²) in [6.45, 7) is 0. The third-order valence-corrected chi connectivity index (χ3v) is 5.15. The molecule has 0 spiro atoms. The van der Waals surface area contributed by atoms with Crippen molar-refractivity contribution in [3.05, 3.63) is 26.7 Å². The Balaban J connectivity index is 2.08. The highest BCUT2D eigenvalue weighted by atomic mass is 79.9. The Morgan fingerprint density at radius 3 is 2.74 bits per heavy atom. The molecular formula is C13H15BrCl2N2O. The molecule has 1 fully saturated rings. The van der Waals surface area contributed by atoms with Crippen molar-refractivity contribution < 1.29 is 4.79 Å². The zero-order chi connectivity index (χ0) is 14.0.